The summed E-state index contributed by atoms with van der Waals surface area (Å²) in [5, 5.41) is 2.72. The van der Waals surface area contributed by atoms with Crippen molar-refractivity contribution in [2.24, 2.45) is 4.99 Å². The molecule has 0 atom stereocenters. The minimum atomic E-state index is -4.47. The monoisotopic (exact) mass is 432 g/mol. The highest BCUT2D eigenvalue weighted by atomic mass is 127. The summed E-state index contributed by atoms with van der Waals surface area (Å²) in [5.74, 6) is 0.707. The quantitative estimate of drug-likeness (QED) is 0.342. The van der Waals surface area contributed by atoms with Crippen molar-refractivity contribution in [3.8, 4) is 0 Å². The fraction of sp³-hybridized carbons (Fsp3) is 0.583. The first-order valence-electron chi connectivity index (χ1n) is 6.25. The first kappa shape index (κ1) is 20.7. The molecule has 0 fully saturated rings. The van der Waals surface area contributed by atoms with Gasteiger partial charge in [0.05, 0.1) is 6.54 Å². The van der Waals surface area contributed by atoms with Crippen LogP contribution in [0.4, 0.5) is 19.1 Å². The second-order valence-corrected chi connectivity index (χ2v) is 4.66. The smallest absolute Gasteiger partial charge is 0.352 e. The number of nitrogens with one attached hydrogen (secondary N) is 1. The van der Waals surface area contributed by atoms with Gasteiger partial charge in [-0.1, -0.05) is 0 Å². The van der Waals surface area contributed by atoms with Gasteiger partial charge >= 0.3 is 6.18 Å². The number of aliphatic imine (C=N–C) groups is 1. The molecular weight excluding hydrogens is 412 g/mol. The van der Waals surface area contributed by atoms with E-state index < -0.39 is 11.9 Å². The number of hydrogen-bond donors (Lipinski definition) is 1. The van der Waals surface area contributed by atoms with Gasteiger partial charge in [-0.25, -0.2) is 9.97 Å². The van der Waals surface area contributed by atoms with Crippen molar-refractivity contribution in [3.63, 3.8) is 0 Å². The van der Waals surface area contributed by atoms with Crippen LogP contribution >= 0.6 is 24.0 Å². The Hall–Kier alpha value is -1.33. The summed E-state index contributed by atoms with van der Waals surface area (Å²) < 4.78 is 37.5. The van der Waals surface area contributed by atoms with Crippen molar-refractivity contribution in [2.75, 3.05) is 46.6 Å². The van der Waals surface area contributed by atoms with E-state index in [4.69, 9.17) is 0 Å². The van der Waals surface area contributed by atoms with E-state index in [1.165, 1.54) is 0 Å². The lowest BCUT2D eigenvalue weighted by Gasteiger charge is -2.22. The number of guanidine groups is 1. The molecule has 1 rings (SSSR count). The molecule has 0 unspecified atom stereocenters. The summed E-state index contributed by atoms with van der Waals surface area (Å²) >= 11 is 0. The Balaban J connectivity index is 0.00000441. The molecule has 0 saturated heterocycles. The predicted molar refractivity (Wildman–Crippen MR) is 90.6 cm³/mol. The number of hydrogen-bond acceptors (Lipinski definition) is 4. The van der Waals surface area contributed by atoms with Crippen molar-refractivity contribution in [3.05, 3.63) is 18.0 Å². The Morgan fingerprint density at radius 3 is 2.32 bits per heavy atom. The van der Waals surface area contributed by atoms with Crippen LogP contribution in [0.2, 0.25) is 0 Å². The van der Waals surface area contributed by atoms with Crippen LogP contribution < -0.4 is 5.32 Å². The van der Waals surface area contributed by atoms with Crippen LogP contribution in [0.3, 0.4) is 0 Å². The van der Waals surface area contributed by atoms with Gasteiger partial charge < -0.3 is 15.1 Å². The predicted octanol–water partition coefficient (Wildman–Crippen LogP) is 2.00. The summed E-state index contributed by atoms with van der Waals surface area (Å²) in [6.07, 6.45) is -3.40. The van der Waals surface area contributed by atoms with E-state index in [0.717, 1.165) is 18.2 Å². The fourth-order valence-corrected chi connectivity index (χ4v) is 1.61. The van der Waals surface area contributed by atoms with E-state index in [9.17, 15) is 13.2 Å². The van der Waals surface area contributed by atoms with Gasteiger partial charge in [-0.15, -0.1) is 24.0 Å². The first-order chi connectivity index (χ1) is 9.71. The molecule has 0 amide bonds. The summed E-state index contributed by atoms with van der Waals surface area (Å²) in [6, 6.07) is 0.833. The van der Waals surface area contributed by atoms with Gasteiger partial charge in [0.25, 0.3) is 0 Å². The topological polar surface area (TPSA) is 56.6 Å². The van der Waals surface area contributed by atoms with E-state index in [2.05, 4.69) is 20.3 Å². The zero-order valence-corrected chi connectivity index (χ0v) is 15.2. The van der Waals surface area contributed by atoms with E-state index in [0.29, 0.717) is 13.1 Å². The molecule has 1 N–H and O–H groups in total. The Morgan fingerprint density at radius 1 is 1.23 bits per heavy atom. The van der Waals surface area contributed by atoms with Gasteiger partial charge in [0, 0.05) is 40.9 Å². The zero-order chi connectivity index (χ0) is 16.0. The maximum absolute atomic E-state index is 12.5. The lowest BCUT2D eigenvalue weighted by Crippen LogP contribution is -2.35. The van der Waals surface area contributed by atoms with Crippen LogP contribution in [0, 0.1) is 0 Å². The zero-order valence-electron chi connectivity index (χ0n) is 12.8. The number of aromatic nitrogens is 2. The Bertz CT molecular complexity index is 480. The van der Waals surface area contributed by atoms with Gasteiger partial charge in [-0.3, -0.25) is 4.99 Å². The molecule has 22 heavy (non-hydrogen) atoms. The minimum Gasteiger partial charge on any atom is -0.352 e. The van der Waals surface area contributed by atoms with Crippen LogP contribution in [0.25, 0.3) is 0 Å². The molecule has 0 saturated carbocycles. The third-order valence-electron chi connectivity index (χ3n) is 2.39. The summed E-state index contributed by atoms with van der Waals surface area (Å²) in [5.41, 5.74) is -0.967. The molecule has 6 nitrogen and oxygen atoms in total. The Labute approximate surface area is 144 Å². The van der Waals surface area contributed by atoms with E-state index in [1.54, 1.807) is 0 Å². The fourth-order valence-electron chi connectivity index (χ4n) is 1.61. The largest absolute Gasteiger partial charge is 0.433 e. The van der Waals surface area contributed by atoms with Gasteiger partial charge in [-0.05, 0) is 6.07 Å². The first-order valence-corrected chi connectivity index (χ1v) is 6.25. The molecule has 0 radical (unpaired) electrons. The van der Waals surface area contributed by atoms with Gasteiger partial charge in [0.2, 0.25) is 5.95 Å². The number of rotatable bonds is 4. The van der Waals surface area contributed by atoms with Gasteiger partial charge in [0.1, 0.15) is 5.69 Å². The molecule has 0 aromatic carbocycles. The number of nitrogens with zero attached hydrogens (tertiary/aromatic N) is 5. The molecule has 0 aliphatic rings. The molecule has 1 heterocycles. The van der Waals surface area contributed by atoms with Crippen LogP contribution in [-0.4, -0.2) is 67.0 Å². The SMILES string of the molecule is CN(C)C(=NCCNc1nccc(C(F)(F)F)n1)N(C)C.I. The number of alkyl halides is 3. The molecule has 1 aromatic heterocycles. The third kappa shape index (κ3) is 6.62. The average Bonchev–Trinajstić information content (AvgIpc) is 2.37. The summed E-state index contributed by atoms with van der Waals surface area (Å²) in [7, 11) is 7.45. The Kier molecular flexibility index (Phi) is 8.41. The average molecular weight is 432 g/mol. The molecule has 10 heteroatoms. The van der Waals surface area contributed by atoms with Crippen LogP contribution in [0.5, 0.6) is 0 Å². The van der Waals surface area contributed by atoms with Crippen molar-refractivity contribution < 1.29 is 13.2 Å². The molecule has 0 spiro atoms. The summed E-state index contributed by atoms with van der Waals surface area (Å²) in [6.45, 7) is 0.734. The molecule has 126 valence electrons. The van der Waals surface area contributed by atoms with Crippen LogP contribution in [0.1, 0.15) is 5.69 Å². The van der Waals surface area contributed by atoms with E-state index in [-0.39, 0.29) is 29.9 Å². The standard InChI is InChI=1S/C12H19F3N6.HI/c1-20(2)11(21(3)4)18-8-7-17-10-16-6-5-9(19-10)12(13,14)15;/h5-6H,7-8H2,1-4H3,(H,16,17,19);1H. The maximum atomic E-state index is 12.5. The van der Waals surface area contributed by atoms with Gasteiger partial charge in [0.15, 0.2) is 5.96 Å². The highest BCUT2D eigenvalue weighted by Gasteiger charge is 2.32. The van der Waals surface area contributed by atoms with Crippen LogP contribution in [-0.2, 0) is 6.18 Å². The van der Waals surface area contributed by atoms with Gasteiger partial charge in [-0.2, -0.15) is 13.2 Å². The summed E-state index contributed by atoms with van der Waals surface area (Å²) in [4.78, 5) is 15.2. The maximum Gasteiger partial charge on any atom is 0.433 e. The molecular formula is C12H20F3IN6. The van der Waals surface area contributed by atoms with E-state index >= 15 is 0 Å². The van der Waals surface area contributed by atoms with Crippen molar-refractivity contribution in [2.45, 2.75) is 6.18 Å². The second kappa shape index (κ2) is 8.96. The van der Waals surface area contributed by atoms with Crippen molar-refractivity contribution >= 4 is 35.9 Å². The second-order valence-electron chi connectivity index (χ2n) is 4.66. The third-order valence-corrected chi connectivity index (χ3v) is 2.39. The normalized spacial score (nSPS) is 10.5. The lowest BCUT2D eigenvalue weighted by atomic mass is 10.4. The lowest BCUT2D eigenvalue weighted by molar-refractivity contribution is -0.141. The van der Waals surface area contributed by atoms with Crippen molar-refractivity contribution in [1.29, 1.82) is 0 Å². The molecule has 1 aromatic rings. The number of anilines is 1. The molecule has 0 bridgehead atoms. The Morgan fingerprint density at radius 2 is 1.82 bits per heavy atom. The molecule has 0 aliphatic carbocycles. The van der Waals surface area contributed by atoms with Crippen molar-refractivity contribution in [1.82, 2.24) is 19.8 Å². The molecule has 0 aliphatic heterocycles. The van der Waals surface area contributed by atoms with E-state index in [1.807, 2.05) is 38.0 Å². The van der Waals surface area contributed by atoms with Crippen LogP contribution in [0.15, 0.2) is 17.3 Å². The highest BCUT2D eigenvalue weighted by molar-refractivity contribution is 14.0. The highest BCUT2D eigenvalue weighted by Crippen LogP contribution is 2.27. The minimum absolute atomic E-state index is 0. The number of halogens is 4.